The quantitative estimate of drug-likeness (QED) is 0.522. The molecule has 0 saturated carbocycles. The first kappa shape index (κ1) is 22.7. The van der Waals surface area contributed by atoms with Gasteiger partial charge in [-0.15, -0.1) is 0 Å². The fraction of sp³-hybridized carbons (Fsp3) is 0.435. The Hall–Kier alpha value is -3.53. The van der Waals surface area contributed by atoms with Gasteiger partial charge in [0.15, 0.2) is 0 Å². The molecule has 0 aliphatic carbocycles. The van der Waals surface area contributed by atoms with Gasteiger partial charge in [-0.2, -0.15) is 10.1 Å². The van der Waals surface area contributed by atoms with Gasteiger partial charge in [-0.1, -0.05) is 19.9 Å². The molecule has 0 unspecified atom stereocenters. The van der Waals surface area contributed by atoms with Crippen LogP contribution in [0.4, 0.5) is 11.6 Å². The third-order valence-electron chi connectivity index (χ3n) is 6.01. The molecule has 1 aliphatic heterocycles. The van der Waals surface area contributed by atoms with Crippen LogP contribution in [0.15, 0.2) is 48.2 Å². The van der Waals surface area contributed by atoms with Crippen molar-refractivity contribution in [2.75, 3.05) is 31.5 Å². The lowest BCUT2D eigenvalue weighted by Crippen LogP contribution is -2.55. The number of nitrogens with one attached hydrogen (secondary N) is 1. The summed E-state index contributed by atoms with van der Waals surface area (Å²) < 4.78 is 3.39. The van der Waals surface area contributed by atoms with E-state index in [0.717, 1.165) is 30.5 Å². The lowest BCUT2D eigenvalue weighted by Gasteiger charge is -2.41. The van der Waals surface area contributed by atoms with Gasteiger partial charge in [-0.05, 0) is 18.6 Å². The maximum Gasteiger partial charge on any atom is 0.252 e. The van der Waals surface area contributed by atoms with E-state index in [1.165, 1.54) is 6.08 Å². The number of carbonyl (C=O) groups excluding carboxylic acids is 1. The molecule has 3 aromatic rings. The molecule has 1 amide bonds. The van der Waals surface area contributed by atoms with Crippen LogP contribution in [0, 0.1) is 0 Å². The maximum atomic E-state index is 12.8. The van der Waals surface area contributed by atoms with Crippen molar-refractivity contribution in [3.63, 3.8) is 0 Å². The summed E-state index contributed by atoms with van der Waals surface area (Å²) in [5, 5.41) is 8.08. The van der Waals surface area contributed by atoms with Crippen molar-refractivity contribution < 1.29 is 4.79 Å². The highest BCUT2D eigenvalue weighted by Gasteiger charge is 2.28. The molecule has 0 bridgehead atoms. The van der Waals surface area contributed by atoms with Crippen LogP contribution in [-0.2, 0) is 18.4 Å². The molecular formula is C23H30N8O2. The van der Waals surface area contributed by atoms with Gasteiger partial charge < -0.3 is 10.2 Å². The smallest absolute Gasteiger partial charge is 0.252 e. The fourth-order valence-corrected chi connectivity index (χ4v) is 4.31. The lowest BCUT2D eigenvalue weighted by atomic mass is 10.1. The summed E-state index contributed by atoms with van der Waals surface area (Å²) in [6.45, 7) is 9.09. The van der Waals surface area contributed by atoms with Crippen LogP contribution in [0.2, 0.25) is 0 Å². The van der Waals surface area contributed by atoms with Gasteiger partial charge in [0, 0.05) is 69.7 Å². The highest BCUT2D eigenvalue weighted by Crippen LogP contribution is 2.17. The Balaban J connectivity index is 1.54. The van der Waals surface area contributed by atoms with E-state index in [0.29, 0.717) is 37.8 Å². The minimum atomic E-state index is -0.0963. The van der Waals surface area contributed by atoms with Crippen LogP contribution in [0.5, 0.6) is 0 Å². The van der Waals surface area contributed by atoms with E-state index in [-0.39, 0.29) is 17.5 Å². The lowest BCUT2D eigenvalue weighted by molar-refractivity contribution is -0.129. The fourth-order valence-electron chi connectivity index (χ4n) is 4.31. The van der Waals surface area contributed by atoms with E-state index in [1.807, 2.05) is 18.1 Å². The highest BCUT2D eigenvalue weighted by molar-refractivity contribution is 5.87. The van der Waals surface area contributed by atoms with Crippen LogP contribution in [0.1, 0.15) is 19.8 Å². The number of rotatable bonds is 8. The van der Waals surface area contributed by atoms with E-state index in [9.17, 15) is 9.59 Å². The van der Waals surface area contributed by atoms with Crippen molar-refractivity contribution in [3.05, 3.63) is 53.7 Å². The Morgan fingerprint density at radius 3 is 2.85 bits per heavy atom. The van der Waals surface area contributed by atoms with Crippen LogP contribution in [0.3, 0.4) is 0 Å². The van der Waals surface area contributed by atoms with Crippen molar-refractivity contribution >= 4 is 28.6 Å². The van der Waals surface area contributed by atoms with Crippen molar-refractivity contribution in [2.45, 2.75) is 32.4 Å². The first-order chi connectivity index (χ1) is 16.0. The third-order valence-corrected chi connectivity index (χ3v) is 6.01. The number of anilines is 2. The number of amides is 1. The van der Waals surface area contributed by atoms with Crippen LogP contribution < -0.4 is 10.9 Å². The second-order valence-corrected chi connectivity index (χ2v) is 8.29. The van der Waals surface area contributed by atoms with Gasteiger partial charge in [0.1, 0.15) is 5.65 Å². The molecule has 1 saturated heterocycles. The molecule has 1 aliphatic rings. The Bertz CT molecular complexity index is 1200. The molecule has 3 aromatic heterocycles. The Labute approximate surface area is 192 Å². The van der Waals surface area contributed by atoms with E-state index in [1.54, 1.807) is 33.8 Å². The molecule has 4 rings (SSSR count). The number of piperazine rings is 1. The summed E-state index contributed by atoms with van der Waals surface area (Å²) in [7, 11) is 1.84. The van der Waals surface area contributed by atoms with Gasteiger partial charge in [-0.3, -0.25) is 23.7 Å². The molecule has 1 N–H and O–H groups in total. The van der Waals surface area contributed by atoms with Gasteiger partial charge in [0.2, 0.25) is 11.9 Å². The first-order valence-electron chi connectivity index (χ1n) is 11.3. The van der Waals surface area contributed by atoms with E-state index in [4.69, 9.17) is 0 Å². The van der Waals surface area contributed by atoms with Gasteiger partial charge >= 0.3 is 0 Å². The monoisotopic (exact) mass is 450 g/mol. The predicted octanol–water partition coefficient (Wildman–Crippen LogP) is 1.77. The number of aryl methyl sites for hydroxylation is 1. The summed E-state index contributed by atoms with van der Waals surface area (Å²) in [4.78, 5) is 38.1. The molecule has 0 spiro atoms. The zero-order valence-electron chi connectivity index (χ0n) is 19.1. The van der Waals surface area contributed by atoms with Crippen molar-refractivity contribution in [3.8, 4) is 0 Å². The van der Waals surface area contributed by atoms with Crippen LogP contribution in [-0.4, -0.2) is 72.2 Å². The SMILES string of the molecule is C=CC(=O)N1CCN(CCn2c(=O)ccc3cnc(Nc4cnn(C)c4)nc32)[C@@H](CCC)C1. The number of aromatic nitrogens is 5. The van der Waals surface area contributed by atoms with Crippen LogP contribution in [0.25, 0.3) is 11.0 Å². The number of pyridine rings is 1. The average molecular weight is 451 g/mol. The van der Waals surface area contributed by atoms with Crippen LogP contribution >= 0.6 is 0 Å². The van der Waals surface area contributed by atoms with E-state index >= 15 is 0 Å². The molecule has 1 atom stereocenters. The highest BCUT2D eigenvalue weighted by atomic mass is 16.2. The minimum Gasteiger partial charge on any atom is -0.336 e. The Morgan fingerprint density at radius 1 is 1.27 bits per heavy atom. The summed E-state index contributed by atoms with van der Waals surface area (Å²) in [6, 6.07) is 3.57. The molecule has 0 radical (unpaired) electrons. The normalized spacial score (nSPS) is 16.8. The molecular weight excluding hydrogens is 420 g/mol. The maximum absolute atomic E-state index is 12.8. The zero-order valence-corrected chi connectivity index (χ0v) is 19.1. The Morgan fingerprint density at radius 2 is 2.12 bits per heavy atom. The van der Waals surface area contributed by atoms with Gasteiger partial charge in [-0.25, -0.2) is 4.98 Å². The standard InChI is InChI=1S/C23H30N8O2/c1-4-6-19-16-30(20(32)5-2)10-9-29(19)11-12-31-21(33)8-7-17-13-24-23(27-22(17)31)26-18-14-25-28(3)15-18/h5,7-8,13-15,19H,2,4,6,9-12,16H2,1,3H3,(H,24,26,27)/t19-/m0/s1. The molecule has 174 valence electrons. The molecule has 10 nitrogen and oxygen atoms in total. The van der Waals surface area contributed by atoms with E-state index in [2.05, 4.69) is 38.8 Å². The van der Waals surface area contributed by atoms with Crippen molar-refractivity contribution in [1.82, 2.24) is 34.1 Å². The third kappa shape index (κ3) is 5.11. The molecule has 1 fully saturated rings. The number of carbonyl (C=O) groups is 1. The summed E-state index contributed by atoms with van der Waals surface area (Å²) in [5.41, 5.74) is 1.27. The van der Waals surface area contributed by atoms with Crippen molar-refractivity contribution in [2.24, 2.45) is 7.05 Å². The summed E-state index contributed by atoms with van der Waals surface area (Å²) >= 11 is 0. The van der Waals surface area contributed by atoms with Gasteiger partial charge in [0.05, 0.1) is 11.9 Å². The number of nitrogens with zero attached hydrogens (tertiary/aromatic N) is 7. The Kier molecular flexibility index (Phi) is 6.83. The predicted molar refractivity (Wildman–Crippen MR) is 127 cm³/mol. The van der Waals surface area contributed by atoms with Gasteiger partial charge in [0.25, 0.3) is 5.56 Å². The number of fused-ring (bicyclic) bond motifs is 1. The summed E-state index contributed by atoms with van der Waals surface area (Å²) in [5.74, 6) is 0.390. The largest absolute Gasteiger partial charge is 0.336 e. The average Bonchev–Trinajstić information content (AvgIpc) is 3.23. The zero-order chi connectivity index (χ0) is 23.4. The molecule has 0 aromatic carbocycles. The number of hydrogen-bond acceptors (Lipinski definition) is 7. The molecule has 33 heavy (non-hydrogen) atoms. The summed E-state index contributed by atoms with van der Waals surface area (Å²) in [6.07, 6.45) is 8.64. The minimum absolute atomic E-state index is 0.0219. The first-order valence-corrected chi connectivity index (χ1v) is 11.3. The topological polar surface area (TPSA) is 101 Å². The van der Waals surface area contributed by atoms with Crippen molar-refractivity contribution in [1.29, 1.82) is 0 Å². The number of hydrogen-bond donors (Lipinski definition) is 1. The second kappa shape index (κ2) is 9.95. The second-order valence-electron chi connectivity index (χ2n) is 8.29. The van der Waals surface area contributed by atoms with E-state index < -0.39 is 0 Å². The molecule has 10 heteroatoms. The molecule has 4 heterocycles.